The standard InChI is InChI=1S/C10H18N4O2S/c1-7-4-3-5-8(7)13-17(15,16)10-9(11)12-6-14(10)2/h6-8,13H,3-5,11H2,1-2H3. The van der Waals surface area contributed by atoms with E-state index >= 15 is 0 Å². The molecule has 7 heteroatoms. The van der Waals surface area contributed by atoms with E-state index in [4.69, 9.17) is 5.73 Å². The fraction of sp³-hybridized carbons (Fsp3) is 0.700. The summed E-state index contributed by atoms with van der Waals surface area (Å²) in [5.74, 6) is 0.421. The minimum Gasteiger partial charge on any atom is -0.381 e. The first-order valence-corrected chi connectivity index (χ1v) is 7.19. The number of anilines is 1. The van der Waals surface area contributed by atoms with Crippen LogP contribution in [0.3, 0.4) is 0 Å². The molecule has 0 bridgehead atoms. The van der Waals surface area contributed by atoms with E-state index in [0.717, 1.165) is 19.3 Å². The van der Waals surface area contributed by atoms with Gasteiger partial charge in [-0.3, -0.25) is 0 Å². The molecule has 0 amide bonds. The van der Waals surface area contributed by atoms with Gasteiger partial charge in [0.25, 0.3) is 10.0 Å². The van der Waals surface area contributed by atoms with E-state index < -0.39 is 10.0 Å². The highest BCUT2D eigenvalue weighted by atomic mass is 32.2. The number of hydrogen-bond donors (Lipinski definition) is 2. The first-order chi connectivity index (χ1) is 7.92. The Morgan fingerprint density at radius 1 is 1.53 bits per heavy atom. The van der Waals surface area contributed by atoms with Crippen LogP contribution in [0.1, 0.15) is 26.2 Å². The van der Waals surface area contributed by atoms with Gasteiger partial charge >= 0.3 is 0 Å². The van der Waals surface area contributed by atoms with Crippen molar-refractivity contribution < 1.29 is 8.42 Å². The Balaban J connectivity index is 2.25. The fourth-order valence-corrected chi connectivity index (χ4v) is 3.95. The number of aryl methyl sites for hydroxylation is 1. The molecule has 1 aromatic heterocycles. The van der Waals surface area contributed by atoms with Crippen LogP contribution in [0.15, 0.2) is 11.4 Å². The maximum atomic E-state index is 12.2. The summed E-state index contributed by atoms with van der Waals surface area (Å²) in [5.41, 5.74) is 5.59. The predicted molar refractivity (Wildman–Crippen MR) is 64.7 cm³/mol. The van der Waals surface area contributed by atoms with Crippen molar-refractivity contribution in [1.82, 2.24) is 14.3 Å². The molecule has 6 nitrogen and oxygen atoms in total. The number of rotatable bonds is 3. The first kappa shape index (κ1) is 12.4. The molecule has 2 unspecified atom stereocenters. The zero-order valence-corrected chi connectivity index (χ0v) is 10.9. The van der Waals surface area contributed by atoms with E-state index in [1.54, 1.807) is 7.05 Å². The Kier molecular flexibility index (Phi) is 3.13. The van der Waals surface area contributed by atoms with Gasteiger partial charge in [0.1, 0.15) is 0 Å². The Labute approximate surface area is 101 Å². The third-order valence-electron chi connectivity index (χ3n) is 3.33. The summed E-state index contributed by atoms with van der Waals surface area (Å²) < 4.78 is 28.5. The van der Waals surface area contributed by atoms with Gasteiger partial charge in [0.05, 0.1) is 6.33 Å². The molecular weight excluding hydrogens is 240 g/mol. The minimum absolute atomic E-state index is 0.00861. The van der Waals surface area contributed by atoms with Crippen molar-refractivity contribution in [3.63, 3.8) is 0 Å². The zero-order valence-electron chi connectivity index (χ0n) is 10.0. The second-order valence-corrected chi connectivity index (χ2v) is 6.31. The molecule has 17 heavy (non-hydrogen) atoms. The predicted octanol–water partition coefficient (Wildman–Crippen LogP) is 0.469. The van der Waals surface area contributed by atoms with Gasteiger partial charge in [0, 0.05) is 13.1 Å². The Hall–Kier alpha value is -1.08. The average Bonchev–Trinajstić information content (AvgIpc) is 2.74. The number of sulfonamides is 1. The number of nitrogens with one attached hydrogen (secondary N) is 1. The Bertz CT molecular complexity index is 489. The average molecular weight is 258 g/mol. The van der Waals surface area contributed by atoms with Gasteiger partial charge in [0.2, 0.25) is 0 Å². The van der Waals surface area contributed by atoms with Crippen LogP contribution < -0.4 is 10.5 Å². The molecule has 1 aliphatic rings. The number of nitrogens with zero attached hydrogens (tertiary/aromatic N) is 2. The number of nitrogen functional groups attached to an aromatic ring is 1. The quantitative estimate of drug-likeness (QED) is 0.824. The van der Waals surface area contributed by atoms with Crippen LogP contribution >= 0.6 is 0 Å². The maximum absolute atomic E-state index is 12.2. The van der Waals surface area contributed by atoms with Crippen LogP contribution in [0, 0.1) is 5.92 Å². The molecule has 1 fully saturated rings. The van der Waals surface area contributed by atoms with Gasteiger partial charge in [-0.05, 0) is 18.8 Å². The van der Waals surface area contributed by atoms with E-state index in [9.17, 15) is 8.42 Å². The lowest BCUT2D eigenvalue weighted by Crippen LogP contribution is -2.37. The summed E-state index contributed by atoms with van der Waals surface area (Å²) in [6.07, 6.45) is 4.42. The molecule has 1 aliphatic carbocycles. The minimum atomic E-state index is -3.57. The Morgan fingerprint density at radius 3 is 2.71 bits per heavy atom. The van der Waals surface area contributed by atoms with Crippen LogP contribution in [-0.2, 0) is 17.1 Å². The number of hydrogen-bond acceptors (Lipinski definition) is 4. The number of imidazole rings is 1. The topological polar surface area (TPSA) is 90.0 Å². The zero-order chi connectivity index (χ0) is 12.6. The summed E-state index contributed by atoms with van der Waals surface area (Å²) in [7, 11) is -1.95. The number of aromatic nitrogens is 2. The fourth-order valence-electron chi connectivity index (χ4n) is 2.34. The largest absolute Gasteiger partial charge is 0.381 e. The molecule has 2 rings (SSSR count). The van der Waals surface area contributed by atoms with E-state index in [1.165, 1.54) is 10.9 Å². The summed E-state index contributed by atoms with van der Waals surface area (Å²) in [4.78, 5) is 3.80. The van der Waals surface area contributed by atoms with Crippen molar-refractivity contribution in [3.05, 3.63) is 6.33 Å². The van der Waals surface area contributed by atoms with Gasteiger partial charge in [-0.25, -0.2) is 18.1 Å². The highest BCUT2D eigenvalue weighted by molar-refractivity contribution is 7.89. The summed E-state index contributed by atoms with van der Waals surface area (Å²) in [6, 6.07) is 0.00861. The van der Waals surface area contributed by atoms with E-state index in [-0.39, 0.29) is 16.9 Å². The van der Waals surface area contributed by atoms with E-state index in [0.29, 0.717) is 5.92 Å². The van der Waals surface area contributed by atoms with Crippen molar-refractivity contribution in [1.29, 1.82) is 0 Å². The molecule has 0 spiro atoms. The molecule has 1 saturated carbocycles. The lowest BCUT2D eigenvalue weighted by Gasteiger charge is -2.17. The monoisotopic (exact) mass is 258 g/mol. The third-order valence-corrected chi connectivity index (χ3v) is 4.95. The molecule has 2 atom stereocenters. The number of nitrogens with two attached hydrogens (primary N) is 1. The summed E-state index contributed by atoms with van der Waals surface area (Å²) in [6.45, 7) is 2.06. The molecular formula is C10H18N4O2S. The molecule has 96 valence electrons. The normalized spacial score (nSPS) is 25.3. The van der Waals surface area contributed by atoms with Crippen LogP contribution in [0.2, 0.25) is 0 Å². The van der Waals surface area contributed by atoms with Gasteiger partial charge in [-0.2, -0.15) is 0 Å². The van der Waals surface area contributed by atoms with E-state index in [1.807, 2.05) is 0 Å². The molecule has 1 heterocycles. The lowest BCUT2D eigenvalue weighted by molar-refractivity contribution is 0.474. The van der Waals surface area contributed by atoms with Crippen molar-refractivity contribution in [3.8, 4) is 0 Å². The van der Waals surface area contributed by atoms with Crippen LogP contribution in [0.5, 0.6) is 0 Å². The van der Waals surface area contributed by atoms with Crippen molar-refractivity contribution in [2.45, 2.75) is 37.3 Å². The first-order valence-electron chi connectivity index (χ1n) is 5.71. The molecule has 0 radical (unpaired) electrons. The van der Waals surface area contributed by atoms with Crippen molar-refractivity contribution in [2.75, 3.05) is 5.73 Å². The van der Waals surface area contributed by atoms with E-state index in [2.05, 4.69) is 16.6 Å². The van der Waals surface area contributed by atoms with Crippen molar-refractivity contribution in [2.24, 2.45) is 13.0 Å². The molecule has 1 aromatic rings. The lowest BCUT2D eigenvalue weighted by atomic mass is 10.1. The van der Waals surface area contributed by atoms with Gasteiger partial charge < -0.3 is 10.3 Å². The van der Waals surface area contributed by atoms with Crippen LogP contribution in [0.4, 0.5) is 5.82 Å². The summed E-state index contributed by atoms with van der Waals surface area (Å²) >= 11 is 0. The van der Waals surface area contributed by atoms with Gasteiger partial charge in [-0.1, -0.05) is 13.3 Å². The molecule has 0 aliphatic heterocycles. The van der Waals surface area contributed by atoms with Gasteiger partial charge in [-0.15, -0.1) is 0 Å². The SMILES string of the molecule is CC1CCCC1NS(=O)(=O)c1c(N)ncn1C. The second-order valence-electron chi connectivity index (χ2n) is 4.68. The highest BCUT2D eigenvalue weighted by Crippen LogP contribution is 2.27. The summed E-state index contributed by atoms with van der Waals surface area (Å²) in [5, 5.41) is 0.0524. The smallest absolute Gasteiger partial charge is 0.260 e. The molecule has 3 N–H and O–H groups in total. The molecule has 0 saturated heterocycles. The maximum Gasteiger partial charge on any atom is 0.260 e. The molecule has 0 aromatic carbocycles. The second kappa shape index (κ2) is 4.30. The van der Waals surface area contributed by atoms with Crippen LogP contribution in [0.25, 0.3) is 0 Å². The highest BCUT2D eigenvalue weighted by Gasteiger charge is 2.30. The van der Waals surface area contributed by atoms with Gasteiger partial charge in [0.15, 0.2) is 10.8 Å². The van der Waals surface area contributed by atoms with Crippen LogP contribution in [-0.4, -0.2) is 24.0 Å². The Morgan fingerprint density at radius 2 is 2.24 bits per heavy atom. The van der Waals surface area contributed by atoms with Crippen molar-refractivity contribution >= 4 is 15.8 Å². The third kappa shape index (κ3) is 2.30.